The first kappa shape index (κ1) is 12.4. The molecule has 2 heterocycles. The van der Waals surface area contributed by atoms with Gasteiger partial charge in [0, 0.05) is 20.2 Å². The molecule has 2 aromatic rings. The van der Waals surface area contributed by atoms with E-state index in [1.54, 1.807) is 13.4 Å². The number of hydrogen-bond acceptors (Lipinski definition) is 6. The minimum absolute atomic E-state index is 0.380. The average molecular weight is 248 g/mol. The van der Waals surface area contributed by atoms with Gasteiger partial charge in [0.05, 0.1) is 12.8 Å². The van der Waals surface area contributed by atoms with E-state index in [9.17, 15) is 0 Å². The average Bonchev–Trinajstić information content (AvgIpc) is 2.89. The minimum atomic E-state index is 0.380. The molecule has 96 valence electrons. The zero-order valence-electron chi connectivity index (χ0n) is 10.4. The second-order valence-corrected chi connectivity index (χ2v) is 3.67. The van der Waals surface area contributed by atoms with E-state index < -0.39 is 0 Å². The Labute approximate surface area is 105 Å². The van der Waals surface area contributed by atoms with Crippen LogP contribution in [-0.2, 0) is 17.9 Å². The molecule has 0 atom stereocenters. The molecule has 0 aromatic carbocycles. The summed E-state index contributed by atoms with van der Waals surface area (Å²) in [5.41, 5.74) is 0. The molecule has 0 bridgehead atoms. The normalized spacial score (nSPS) is 10.3. The first-order valence-electron chi connectivity index (χ1n) is 5.62. The smallest absolute Gasteiger partial charge is 0.158 e. The zero-order chi connectivity index (χ0) is 12.8. The van der Waals surface area contributed by atoms with Gasteiger partial charge in [-0.05, 0) is 12.1 Å². The lowest BCUT2D eigenvalue weighted by molar-refractivity contribution is 0.178. The van der Waals surface area contributed by atoms with E-state index in [2.05, 4.69) is 20.6 Å². The topological polar surface area (TPSA) is 72.2 Å². The number of hydrogen-bond donors (Lipinski definition) is 2. The maximum absolute atomic E-state index is 5.24. The number of methoxy groups -OCH3 is 1. The number of ether oxygens (including phenoxy) is 1. The Bertz CT molecular complexity index is 485. The van der Waals surface area contributed by atoms with E-state index in [1.807, 2.05) is 25.2 Å². The van der Waals surface area contributed by atoms with Gasteiger partial charge in [0.2, 0.25) is 0 Å². The maximum atomic E-state index is 5.24. The van der Waals surface area contributed by atoms with Crippen molar-refractivity contribution in [2.45, 2.75) is 13.2 Å². The highest BCUT2D eigenvalue weighted by Crippen LogP contribution is 2.12. The Balaban J connectivity index is 2.08. The second kappa shape index (κ2) is 6.02. The van der Waals surface area contributed by atoms with Gasteiger partial charge < -0.3 is 19.8 Å². The van der Waals surface area contributed by atoms with Crippen molar-refractivity contribution in [3.8, 4) is 0 Å². The monoisotopic (exact) mass is 248 g/mol. The van der Waals surface area contributed by atoms with Gasteiger partial charge in [-0.1, -0.05) is 0 Å². The third kappa shape index (κ3) is 3.21. The van der Waals surface area contributed by atoms with Gasteiger partial charge >= 0.3 is 0 Å². The number of nitrogens with one attached hydrogen (secondary N) is 2. The summed E-state index contributed by atoms with van der Waals surface area (Å²) in [5.74, 6) is 2.97. The van der Waals surface area contributed by atoms with Crippen molar-refractivity contribution in [2.24, 2.45) is 0 Å². The molecule has 0 spiro atoms. The van der Waals surface area contributed by atoms with Crippen LogP contribution in [0.25, 0.3) is 0 Å². The van der Waals surface area contributed by atoms with Gasteiger partial charge in [-0.3, -0.25) is 0 Å². The molecule has 0 radical (unpaired) electrons. The van der Waals surface area contributed by atoms with E-state index in [0.29, 0.717) is 19.0 Å². The zero-order valence-corrected chi connectivity index (χ0v) is 10.4. The van der Waals surface area contributed by atoms with Gasteiger partial charge in [0.1, 0.15) is 24.0 Å². The van der Waals surface area contributed by atoms with Crippen molar-refractivity contribution < 1.29 is 9.15 Å². The van der Waals surface area contributed by atoms with Gasteiger partial charge in [-0.2, -0.15) is 0 Å². The Morgan fingerprint density at radius 1 is 1.33 bits per heavy atom. The molecule has 6 nitrogen and oxygen atoms in total. The van der Waals surface area contributed by atoms with E-state index in [-0.39, 0.29) is 0 Å². The first-order valence-corrected chi connectivity index (χ1v) is 5.62. The van der Waals surface area contributed by atoms with E-state index in [0.717, 1.165) is 17.4 Å². The molecule has 0 unspecified atom stereocenters. The highest BCUT2D eigenvalue weighted by Gasteiger charge is 2.04. The third-order valence-corrected chi connectivity index (χ3v) is 2.33. The Hall–Kier alpha value is -2.08. The van der Waals surface area contributed by atoms with E-state index in [1.165, 1.54) is 0 Å². The fourth-order valence-electron chi connectivity index (χ4n) is 1.50. The number of rotatable bonds is 6. The third-order valence-electron chi connectivity index (χ3n) is 2.33. The minimum Gasteiger partial charge on any atom is -0.467 e. The second-order valence-electron chi connectivity index (χ2n) is 3.67. The SMILES string of the molecule is CNc1cc(NCc2ccco2)nc(COC)n1. The molecule has 2 aromatic heterocycles. The van der Waals surface area contributed by atoms with Gasteiger partial charge in [0.15, 0.2) is 5.82 Å². The van der Waals surface area contributed by atoms with Crippen LogP contribution in [0.1, 0.15) is 11.6 Å². The number of anilines is 2. The van der Waals surface area contributed by atoms with Crippen molar-refractivity contribution >= 4 is 11.6 Å². The fourth-order valence-corrected chi connectivity index (χ4v) is 1.50. The summed E-state index contributed by atoms with van der Waals surface area (Å²) in [7, 11) is 3.43. The van der Waals surface area contributed by atoms with Crippen molar-refractivity contribution in [1.29, 1.82) is 0 Å². The fraction of sp³-hybridized carbons (Fsp3) is 0.333. The Morgan fingerprint density at radius 3 is 2.83 bits per heavy atom. The van der Waals surface area contributed by atoms with Crippen LogP contribution in [0.4, 0.5) is 11.6 Å². The summed E-state index contributed by atoms with van der Waals surface area (Å²) in [4.78, 5) is 8.62. The molecule has 0 aliphatic heterocycles. The summed E-state index contributed by atoms with van der Waals surface area (Å²) >= 11 is 0. The summed E-state index contributed by atoms with van der Waals surface area (Å²) in [5, 5.41) is 6.17. The Kier molecular flexibility index (Phi) is 4.14. The molecule has 0 aliphatic carbocycles. The summed E-state index contributed by atoms with van der Waals surface area (Å²) < 4.78 is 10.3. The van der Waals surface area contributed by atoms with Crippen LogP contribution in [0.3, 0.4) is 0 Å². The van der Waals surface area contributed by atoms with Crippen molar-refractivity contribution in [3.05, 3.63) is 36.0 Å². The lowest BCUT2D eigenvalue weighted by Gasteiger charge is -2.08. The predicted molar refractivity (Wildman–Crippen MR) is 68.3 cm³/mol. The van der Waals surface area contributed by atoms with Crippen molar-refractivity contribution in [2.75, 3.05) is 24.8 Å². The highest BCUT2D eigenvalue weighted by molar-refractivity contribution is 5.47. The number of nitrogens with zero attached hydrogens (tertiary/aromatic N) is 2. The van der Waals surface area contributed by atoms with Crippen LogP contribution in [0, 0.1) is 0 Å². The van der Waals surface area contributed by atoms with Crippen LogP contribution in [0.2, 0.25) is 0 Å². The molecular formula is C12H16N4O2. The number of aromatic nitrogens is 2. The molecule has 0 aliphatic rings. The largest absolute Gasteiger partial charge is 0.467 e. The van der Waals surface area contributed by atoms with Gasteiger partial charge in [-0.15, -0.1) is 0 Å². The van der Waals surface area contributed by atoms with E-state index in [4.69, 9.17) is 9.15 Å². The number of furan rings is 1. The lowest BCUT2D eigenvalue weighted by Crippen LogP contribution is -2.07. The van der Waals surface area contributed by atoms with Crippen LogP contribution >= 0.6 is 0 Å². The molecular weight excluding hydrogens is 232 g/mol. The maximum Gasteiger partial charge on any atom is 0.158 e. The van der Waals surface area contributed by atoms with Crippen LogP contribution in [-0.4, -0.2) is 24.1 Å². The molecule has 0 amide bonds. The molecule has 6 heteroatoms. The summed E-state index contributed by atoms with van der Waals surface area (Å²) in [6.45, 7) is 0.963. The Morgan fingerprint density at radius 2 is 2.17 bits per heavy atom. The van der Waals surface area contributed by atoms with Gasteiger partial charge in [-0.25, -0.2) is 9.97 Å². The molecule has 2 rings (SSSR count). The molecule has 0 fully saturated rings. The van der Waals surface area contributed by atoms with E-state index >= 15 is 0 Å². The first-order chi connectivity index (χ1) is 8.81. The molecule has 2 N–H and O–H groups in total. The van der Waals surface area contributed by atoms with Gasteiger partial charge in [0.25, 0.3) is 0 Å². The standard InChI is InChI=1S/C12H16N4O2/c1-13-10-6-11(16-12(15-10)8-17-2)14-7-9-4-3-5-18-9/h3-6H,7-8H2,1-2H3,(H2,13,14,15,16). The molecule has 18 heavy (non-hydrogen) atoms. The highest BCUT2D eigenvalue weighted by atomic mass is 16.5. The van der Waals surface area contributed by atoms with Crippen LogP contribution in [0.5, 0.6) is 0 Å². The lowest BCUT2D eigenvalue weighted by atomic mass is 10.4. The van der Waals surface area contributed by atoms with Crippen molar-refractivity contribution in [1.82, 2.24) is 9.97 Å². The summed E-state index contributed by atoms with van der Waals surface area (Å²) in [6, 6.07) is 5.59. The molecule has 0 saturated heterocycles. The van der Waals surface area contributed by atoms with Crippen LogP contribution in [0.15, 0.2) is 28.9 Å². The quantitative estimate of drug-likeness (QED) is 0.813. The predicted octanol–water partition coefficient (Wildman–Crippen LogP) is 1.87. The summed E-state index contributed by atoms with van der Waals surface area (Å²) in [6.07, 6.45) is 1.65. The van der Waals surface area contributed by atoms with Crippen molar-refractivity contribution in [3.63, 3.8) is 0 Å². The molecule has 0 saturated carbocycles. The van der Waals surface area contributed by atoms with Crippen LogP contribution < -0.4 is 10.6 Å².